The normalized spacial score (nSPS) is 34.6. The van der Waals surface area contributed by atoms with Crippen LogP contribution < -0.4 is 10.6 Å². The molecule has 0 unspecified atom stereocenters. The summed E-state index contributed by atoms with van der Waals surface area (Å²) in [5, 5.41) is 16.2. The highest BCUT2D eigenvalue weighted by Crippen LogP contribution is 2.55. The van der Waals surface area contributed by atoms with Gasteiger partial charge in [0.05, 0.1) is 18.8 Å². The highest BCUT2D eigenvalue weighted by molar-refractivity contribution is 5.90. The summed E-state index contributed by atoms with van der Waals surface area (Å²) < 4.78 is 19.2. The third-order valence-corrected chi connectivity index (χ3v) is 11.4. The molecule has 6 aliphatic rings. The second kappa shape index (κ2) is 13.4. The zero-order valence-electron chi connectivity index (χ0n) is 29.0. The van der Waals surface area contributed by atoms with Gasteiger partial charge < -0.3 is 30.0 Å². The van der Waals surface area contributed by atoms with Crippen molar-refractivity contribution in [2.24, 2.45) is 23.7 Å². The van der Waals surface area contributed by atoms with Crippen molar-refractivity contribution in [2.45, 2.75) is 121 Å². The van der Waals surface area contributed by atoms with Crippen LogP contribution in [0.25, 0.3) is 0 Å². The number of hydrogen-bond acceptors (Lipinski definition) is 7. The maximum absolute atomic E-state index is 13.4. The Balaban J connectivity index is 1.08. The van der Waals surface area contributed by atoms with Crippen LogP contribution >= 0.6 is 0 Å². The largest absolute Gasteiger partial charge is 0.459 e. The molecule has 2 aromatic carbocycles. The van der Waals surface area contributed by atoms with Gasteiger partial charge in [-0.3, -0.25) is 9.69 Å². The summed E-state index contributed by atoms with van der Waals surface area (Å²) in [6.07, 6.45) is 7.80. The summed E-state index contributed by atoms with van der Waals surface area (Å²) in [6, 6.07) is 15.2. The van der Waals surface area contributed by atoms with E-state index >= 15 is 0 Å². The molecule has 0 radical (unpaired) electrons. The van der Waals surface area contributed by atoms with Gasteiger partial charge in [0.25, 0.3) is 0 Å². The van der Waals surface area contributed by atoms with Gasteiger partial charge in [-0.1, -0.05) is 43.3 Å². The maximum Gasteiger partial charge on any atom is 0.323 e. The van der Waals surface area contributed by atoms with E-state index in [0.717, 1.165) is 73.1 Å². The average molecular weight is 660 g/mol. The average Bonchev–Trinajstić information content (AvgIpc) is 3.49. The number of carbonyl (C=O) groups is 2. The number of amides is 2. The second-order valence-corrected chi connectivity index (χ2v) is 16.4. The maximum atomic E-state index is 13.4. The number of aliphatic hydroxyl groups excluding tert-OH is 1. The van der Waals surface area contributed by atoms with Crippen LogP contribution in [0, 0.1) is 23.7 Å². The zero-order valence-corrected chi connectivity index (χ0v) is 29.0. The first-order chi connectivity index (χ1) is 23.0. The van der Waals surface area contributed by atoms with Gasteiger partial charge in [-0.05, 0) is 120 Å². The zero-order chi connectivity index (χ0) is 33.6. The number of benzene rings is 2. The highest BCUT2D eigenvalue weighted by Gasteiger charge is 2.51. The summed E-state index contributed by atoms with van der Waals surface area (Å²) in [6.45, 7) is 9.20. The smallest absolute Gasteiger partial charge is 0.323 e. The van der Waals surface area contributed by atoms with Crippen LogP contribution in [0.4, 0.5) is 10.5 Å². The number of esters is 1. The molecule has 260 valence electrons. The van der Waals surface area contributed by atoms with Crippen LogP contribution in [-0.4, -0.2) is 58.4 Å². The van der Waals surface area contributed by atoms with E-state index < -0.39 is 11.9 Å². The van der Waals surface area contributed by atoms with E-state index in [9.17, 15) is 14.7 Å². The quantitative estimate of drug-likeness (QED) is 0.266. The molecule has 0 aromatic heterocycles. The molecule has 4 saturated carbocycles. The molecule has 2 aliphatic heterocycles. The van der Waals surface area contributed by atoms with E-state index in [-0.39, 0.29) is 48.3 Å². The Kier molecular flexibility index (Phi) is 9.34. The SMILES string of the molecule is C[C@@H]1[C@H](CN2CCC[C@H]2C(=O)OC(C)(C)C)O[C@H](c2cccc(NC(=O)NC34CC5CC(CC(C5)C3)C4)c2)O[C@@H]1c1ccc(CO)cc1. The van der Waals surface area contributed by atoms with Crippen LogP contribution in [-0.2, 0) is 25.6 Å². The Morgan fingerprint density at radius 3 is 2.31 bits per heavy atom. The Bertz CT molecular complexity index is 1440. The fraction of sp³-hybridized carbons (Fsp3) is 0.641. The molecule has 4 aliphatic carbocycles. The first-order valence-corrected chi connectivity index (χ1v) is 18.1. The lowest BCUT2D eigenvalue weighted by Crippen LogP contribution is -2.60. The van der Waals surface area contributed by atoms with Crippen LogP contribution in [0.2, 0.25) is 0 Å². The molecule has 0 spiro atoms. The number of ether oxygens (including phenoxy) is 3. The number of nitrogens with zero attached hydrogens (tertiary/aromatic N) is 1. The topological polar surface area (TPSA) is 109 Å². The van der Waals surface area contributed by atoms with Crippen molar-refractivity contribution in [2.75, 3.05) is 18.4 Å². The first kappa shape index (κ1) is 33.5. The molecular formula is C39H53N3O6. The fourth-order valence-electron chi connectivity index (χ4n) is 9.67. The number of urea groups is 1. The van der Waals surface area contributed by atoms with Crippen molar-refractivity contribution >= 4 is 17.7 Å². The Labute approximate surface area is 285 Å². The lowest BCUT2D eigenvalue weighted by atomic mass is 9.53. The minimum atomic E-state index is -0.677. The van der Waals surface area contributed by atoms with E-state index in [0.29, 0.717) is 12.2 Å². The van der Waals surface area contributed by atoms with Crippen molar-refractivity contribution in [1.82, 2.24) is 10.2 Å². The number of anilines is 1. The summed E-state index contributed by atoms with van der Waals surface area (Å²) in [5.41, 5.74) is 2.76. The van der Waals surface area contributed by atoms with Gasteiger partial charge >= 0.3 is 12.0 Å². The molecule has 8 rings (SSSR count). The highest BCUT2D eigenvalue weighted by atomic mass is 16.7. The number of nitrogens with one attached hydrogen (secondary N) is 2. The second-order valence-electron chi connectivity index (χ2n) is 16.4. The molecular weight excluding hydrogens is 606 g/mol. The van der Waals surface area contributed by atoms with E-state index in [2.05, 4.69) is 22.5 Å². The predicted octanol–water partition coefficient (Wildman–Crippen LogP) is 6.87. The molecule has 5 atom stereocenters. The Morgan fingerprint density at radius 1 is 0.979 bits per heavy atom. The molecule has 4 bridgehead atoms. The van der Waals surface area contributed by atoms with Crippen molar-refractivity contribution in [3.63, 3.8) is 0 Å². The number of carbonyl (C=O) groups excluding carboxylic acids is 2. The van der Waals surface area contributed by atoms with Gasteiger partial charge in [0.15, 0.2) is 6.29 Å². The van der Waals surface area contributed by atoms with Crippen molar-refractivity contribution in [1.29, 1.82) is 0 Å². The molecule has 2 amide bonds. The third-order valence-electron chi connectivity index (χ3n) is 11.4. The molecule has 3 N–H and O–H groups in total. The number of aliphatic hydroxyl groups is 1. The minimum absolute atomic E-state index is 0.0199. The van der Waals surface area contributed by atoms with Gasteiger partial charge in [0.2, 0.25) is 0 Å². The van der Waals surface area contributed by atoms with Crippen LogP contribution in [0.3, 0.4) is 0 Å². The first-order valence-electron chi connectivity index (χ1n) is 18.1. The summed E-state index contributed by atoms with van der Waals surface area (Å²) >= 11 is 0. The summed E-state index contributed by atoms with van der Waals surface area (Å²) in [4.78, 5) is 28.8. The summed E-state index contributed by atoms with van der Waals surface area (Å²) in [7, 11) is 0. The molecule has 2 heterocycles. The van der Waals surface area contributed by atoms with Gasteiger partial charge in [-0.2, -0.15) is 0 Å². The third kappa shape index (κ3) is 7.30. The molecule has 2 aromatic rings. The Morgan fingerprint density at radius 2 is 1.67 bits per heavy atom. The van der Waals surface area contributed by atoms with Gasteiger partial charge in [0.1, 0.15) is 11.6 Å². The predicted molar refractivity (Wildman–Crippen MR) is 183 cm³/mol. The Hall–Kier alpha value is -2.98. The van der Waals surface area contributed by atoms with Crippen LogP contribution in [0.1, 0.15) is 108 Å². The fourth-order valence-corrected chi connectivity index (χ4v) is 9.67. The molecule has 2 saturated heterocycles. The molecule has 48 heavy (non-hydrogen) atoms. The van der Waals surface area contributed by atoms with E-state index in [1.807, 2.05) is 69.3 Å². The number of hydrogen-bond donors (Lipinski definition) is 3. The van der Waals surface area contributed by atoms with Crippen molar-refractivity contribution in [3.8, 4) is 0 Å². The summed E-state index contributed by atoms with van der Waals surface area (Å²) in [5.74, 6) is 2.06. The standard InChI is InChI=1S/C39H53N3O6/c1-24-33(22-42-14-6-9-32(42)35(44)48-38(2,3)4)46-36(47-34(24)29-12-10-25(23-43)11-13-29)30-7-5-8-31(18-30)40-37(45)41-39-19-26-15-27(20-39)17-28(16-26)21-39/h5,7-8,10-13,18,24,26-28,32-34,36,43H,6,9,14-17,19-23H2,1-4H3,(H2,40,41,45)/t24-,26?,27?,28?,32+,33+,34+,36+,39?/m1/s1. The minimum Gasteiger partial charge on any atom is -0.459 e. The van der Waals surface area contributed by atoms with E-state index in [4.69, 9.17) is 14.2 Å². The molecule has 9 heteroatoms. The van der Waals surface area contributed by atoms with Crippen molar-refractivity contribution < 1.29 is 28.9 Å². The van der Waals surface area contributed by atoms with Gasteiger partial charge in [-0.15, -0.1) is 0 Å². The van der Waals surface area contributed by atoms with E-state index in [1.165, 1.54) is 19.3 Å². The van der Waals surface area contributed by atoms with Crippen molar-refractivity contribution in [3.05, 3.63) is 65.2 Å². The van der Waals surface area contributed by atoms with E-state index in [1.54, 1.807) is 0 Å². The number of likely N-dealkylation sites (tertiary alicyclic amines) is 1. The molecule has 9 nitrogen and oxygen atoms in total. The lowest BCUT2D eigenvalue weighted by molar-refractivity contribution is -0.276. The van der Waals surface area contributed by atoms with Crippen LogP contribution in [0.15, 0.2) is 48.5 Å². The molecule has 6 fully saturated rings. The monoisotopic (exact) mass is 659 g/mol. The van der Waals surface area contributed by atoms with Gasteiger partial charge in [0, 0.05) is 29.3 Å². The lowest BCUT2D eigenvalue weighted by Gasteiger charge is -2.56. The number of rotatable bonds is 8. The van der Waals surface area contributed by atoms with Gasteiger partial charge in [-0.25, -0.2) is 4.79 Å². The van der Waals surface area contributed by atoms with Crippen LogP contribution in [0.5, 0.6) is 0 Å².